The number of benzene rings is 3. The van der Waals surface area contributed by atoms with Crippen molar-refractivity contribution in [2.45, 2.75) is 20.8 Å². The van der Waals surface area contributed by atoms with E-state index in [1.807, 2.05) is 24.3 Å². The number of thiophene rings is 1. The van der Waals surface area contributed by atoms with Gasteiger partial charge in [0, 0.05) is 22.6 Å². The molecule has 0 spiro atoms. The molecular weight excluding hydrogens is 543 g/mol. The number of sulfonamides is 1. The van der Waals surface area contributed by atoms with Gasteiger partial charge in [-0.15, -0.1) is 23.1 Å². The van der Waals surface area contributed by atoms with Gasteiger partial charge in [-0.3, -0.25) is 14.3 Å². The van der Waals surface area contributed by atoms with Crippen LogP contribution in [0, 0.1) is 0 Å². The maximum atomic E-state index is 13.1. The van der Waals surface area contributed by atoms with Crippen molar-refractivity contribution in [3.05, 3.63) is 90.3 Å². The number of rotatable bonds is 7. The summed E-state index contributed by atoms with van der Waals surface area (Å²) in [4.78, 5) is 32.3. The second-order valence-corrected chi connectivity index (χ2v) is 12.6. The highest BCUT2D eigenvalue weighted by atomic mass is 32.2. The standard InChI is InChI=1S/C27H19N3O5S3/c31-24-16-23(37-20-13-9-18(10-14-20)29-38(33,34)25-6-3-15-36-25)27(32)30(24)19-11-7-17(8-12-19)26-28-21-4-1-2-5-22(21)35-26/h1-15,23,29H,16H2. The number of carbonyl (C=O) groups excluding carboxylic acids is 2. The summed E-state index contributed by atoms with van der Waals surface area (Å²) in [5.74, 6) is -0.106. The Morgan fingerprint density at radius 1 is 0.947 bits per heavy atom. The Balaban J connectivity index is 1.13. The predicted octanol–water partition coefficient (Wildman–Crippen LogP) is 5.78. The molecule has 1 aliphatic heterocycles. The summed E-state index contributed by atoms with van der Waals surface area (Å²) >= 11 is 2.41. The molecule has 0 radical (unpaired) electrons. The van der Waals surface area contributed by atoms with Crippen molar-refractivity contribution < 1.29 is 22.4 Å². The monoisotopic (exact) mass is 561 g/mol. The average Bonchev–Trinajstić information content (AvgIpc) is 3.65. The van der Waals surface area contributed by atoms with Gasteiger partial charge in [0.05, 0.1) is 10.9 Å². The lowest BCUT2D eigenvalue weighted by Gasteiger charge is -2.15. The summed E-state index contributed by atoms with van der Waals surface area (Å²) in [6.07, 6.45) is 0.0726. The minimum atomic E-state index is -3.64. The van der Waals surface area contributed by atoms with Crippen molar-refractivity contribution in [1.82, 2.24) is 4.98 Å². The molecule has 1 N–H and O–H groups in total. The molecule has 2 aromatic heterocycles. The maximum absolute atomic E-state index is 13.1. The van der Waals surface area contributed by atoms with Gasteiger partial charge in [-0.1, -0.05) is 18.2 Å². The molecule has 3 aromatic carbocycles. The third-order valence-corrected chi connectivity index (χ3v) is 9.89. The molecule has 0 saturated carbocycles. The van der Waals surface area contributed by atoms with E-state index in [-0.39, 0.29) is 22.4 Å². The van der Waals surface area contributed by atoms with Crippen molar-refractivity contribution in [3.8, 4) is 11.5 Å². The minimum absolute atomic E-state index is 0.0726. The van der Waals surface area contributed by atoms with E-state index < -0.39 is 15.3 Å². The summed E-state index contributed by atoms with van der Waals surface area (Å²) in [5, 5.41) is 1.12. The van der Waals surface area contributed by atoms with E-state index in [9.17, 15) is 18.0 Å². The van der Waals surface area contributed by atoms with Crippen LogP contribution in [0.5, 0.6) is 0 Å². The van der Waals surface area contributed by atoms with Crippen LogP contribution in [0.25, 0.3) is 22.6 Å². The van der Waals surface area contributed by atoms with Crippen LogP contribution in [0.2, 0.25) is 0 Å². The first-order valence-electron chi connectivity index (χ1n) is 11.5. The van der Waals surface area contributed by atoms with Crippen molar-refractivity contribution in [3.63, 3.8) is 0 Å². The van der Waals surface area contributed by atoms with Gasteiger partial charge in [0.1, 0.15) is 9.73 Å². The number of para-hydroxylation sites is 2. The van der Waals surface area contributed by atoms with Gasteiger partial charge in [-0.25, -0.2) is 18.3 Å². The van der Waals surface area contributed by atoms with Gasteiger partial charge in [0.2, 0.25) is 17.7 Å². The third kappa shape index (κ3) is 4.71. The zero-order valence-electron chi connectivity index (χ0n) is 19.6. The third-order valence-electron chi connectivity index (χ3n) is 5.92. The van der Waals surface area contributed by atoms with E-state index in [1.54, 1.807) is 60.0 Å². The number of imide groups is 1. The molecule has 8 nitrogen and oxygen atoms in total. The molecule has 11 heteroatoms. The fraction of sp³-hybridized carbons (Fsp3) is 0.0741. The number of nitrogens with one attached hydrogen (secondary N) is 1. The van der Waals surface area contributed by atoms with E-state index in [2.05, 4.69) is 9.71 Å². The SMILES string of the molecule is O=C1CC(Sc2ccc(NS(=O)(=O)c3cccs3)cc2)C(=O)N1c1ccc(-c2nc3ccccc3o2)cc1. The largest absolute Gasteiger partial charge is 0.436 e. The van der Waals surface area contributed by atoms with E-state index in [4.69, 9.17) is 4.42 Å². The first-order valence-corrected chi connectivity index (χ1v) is 14.8. The average molecular weight is 562 g/mol. The molecule has 0 aliphatic carbocycles. The number of amides is 2. The zero-order chi connectivity index (χ0) is 26.3. The number of nitrogens with zero attached hydrogens (tertiary/aromatic N) is 2. The van der Waals surface area contributed by atoms with Crippen LogP contribution in [-0.2, 0) is 19.6 Å². The highest BCUT2D eigenvalue weighted by molar-refractivity contribution is 8.00. The Kier molecular flexibility index (Phi) is 6.26. The van der Waals surface area contributed by atoms with E-state index in [0.29, 0.717) is 22.8 Å². The number of aromatic nitrogens is 1. The van der Waals surface area contributed by atoms with Gasteiger partial charge in [-0.05, 0) is 72.1 Å². The number of oxazole rings is 1. The minimum Gasteiger partial charge on any atom is -0.436 e. The maximum Gasteiger partial charge on any atom is 0.271 e. The van der Waals surface area contributed by atoms with Crippen LogP contribution in [0.4, 0.5) is 11.4 Å². The number of hydrogen-bond acceptors (Lipinski definition) is 8. The molecule has 3 heterocycles. The molecule has 1 unspecified atom stereocenters. The first-order chi connectivity index (χ1) is 18.4. The molecule has 6 rings (SSSR count). The van der Waals surface area contributed by atoms with E-state index in [0.717, 1.165) is 27.3 Å². The second kappa shape index (κ2) is 9.75. The van der Waals surface area contributed by atoms with Crippen LogP contribution < -0.4 is 9.62 Å². The summed E-state index contributed by atoms with van der Waals surface area (Å²) < 4.78 is 33.4. The second-order valence-electron chi connectivity index (χ2n) is 8.47. The van der Waals surface area contributed by atoms with E-state index in [1.165, 1.54) is 22.7 Å². The summed E-state index contributed by atoms with van der Waals surface area (Å²) in [7, 11) is -3.64. The van der Waals surface area contributed by atoms with E-state index >= 15 is 0 Å². The van der Waals surface area contributed by atoms with Crippen molar-refractivity contribution >= 4 is 67.4 Å². The molecule has 190 valence electrons. The lowest BCUT2D eigenvalue weighted by Crippen LogP contribution is -2.31. The molecule has 1 fully saturated rings. The van der Waals surface area contributed by atoms with Gasteiger partial charge < -0.3 is 4.42 Å². The highest BCUT2D eigenvalue weighted by Crippen LogP contribution is 2.35. The van der Waals surface area contributed by atoms with Gasteiger partial charge in [-0.2, -0.15) is 0 Å². The van der Waals surface area contributed by atoms with Crippen molar-refractivity contribution in [1.29, 1.82) is 0 Å². The Labute approximate surface area is 226 Å². The summed E-state index contributed by atoms with van der Waals surface area (Å²) in [6, 6.07) is 24.4. The highest BCUT2D eigenvalue weighted by Gasteiger charge is 2.40. The Morgan fingerprint density at radius 3 is 2.42 bits per heavy atom. The summed E-state index contributed by atoms with van der Waals surface area (Å²) in [6.45, 7) is 0. The molecule has 1 aliphatic rings. The zero-order valence-corrected chi connectivity index (χ0v) is 22.1. The fourth-order valence-electron chi connectivity index (χ4n) is 4.10. The molecule has 1 atom stereocenters. The predicted molar refractivity (Wildman–Crippen MR) is 148 cm³/mol. The summed E-state index contributed by atoms with van der Waals surface area (Å²) in [5.41, 5.74) is 3.08. The lowest BCUT2D eigenvalue weighted by atomic mass is 10.2. The Hall–Kier alpha value is -3.93. The van der Waals surface area contributed by atoms with Gasteiger partial charge >= 0.3 is 0 Å². The quantitative estimate of drug-likeness (QED) is 0.251. The molecule has 38 heavy (non-hydrogen) atoms. The van der Waals surface area contributed by atoms with Crippen LogP contribution in [0.15, 0.2) is 104 Å². The molecule has 5 aromatic rings. The number of carbonyl (C=O) groups is 2. The fourth-order valence-corrected chi connectivity index (χ4v) is 7.21. The smallest absolute Gasteiger partial charge is 0.271 e. The molecular formula is C27H19N3O5S3. The van der Waals surface area contributed by atoms with Gasteiger partial charge in [0.15, 0.2) is 5.58 Å². The number of hydrogen-bond donors (Lipinski definition) is 1. The Bertz CT molecular complexity index is 1710. The van der Waals surface area contributed by atoms with Gasteiger partial charge in [0.25, 0.3) is 10.0 Å². The first kappa shape index (κ1) is 24.4. The molecule has 2 amide bonds. The van der Waals surface area contributed by atoms with Crippen LogP contribution in [0.3, 0.4) is 0 Å². The van der Waals surface area contributed by atoms with Crippen LogP contribution in [-0.4, -0.2) is 30.5 Å². The van der Waals surface area contributed by atoms with Crippen molar-refractivity contribution in [2.75, 3.05) is 9.62 Å². The number of thioether (sulfide) groups is 1. The van der Waals surface area contributed by atoms with Crippen LogP contribution >= 0.6 is 23.1 Å². The topological polar surface area (TPSA) is 110 Å². The lowest BCUT2D eigenvalue weighted by molar-refractivity contribution is -0.121. The number of anilines is 2. The normalized spacial score (nSPS) is 15.9. The Morgan fingerprint density at radius 2 is 1.71 bits per heavy atom. The molecule has 0 bridgehead atoms. The van der Waals surface area contributed by atoms with Crippen molar-refractivity contribution in [2.24, 2.45) is 0 Å². The number of fused-ring (bicyclic) bond motifs is 1. The van der Waals surface area contributed by atoms with Crippen LogP contribution in [0.1, 0.15) is 6.42 Å². The molecule has 1 saturated heterocycles.